The number of amides is 2. The maximum absolute atomic E-state index is 11.2. The molecule has 16 heavy (non-hydrogen) atoms. The maximum atomic E-state index is 11.2. The lowest BCUT2D eigenvalue weighted by molar-refractivity contribution is -0.122. The molecule has 0 fully saturated rings. The molecule has 0 aliphatic carbocycles. The first-order chi connectivity index (χ1) is 7.49. The summed E-state index contributed by atoms with van der Waals surface area (Å²) in [7, 11) is 0. The van der Waals surface area contributed by atoms with Crippen molar-refractivity contribution in [1.82, 2.24) is 10.6 Å². The Morgan fingerprint density at radius 1 is 1.31 bits per heavy atom. The third kappa shape index (κ3) is 6.15. The quantitative estimate of drug-likeness (QED) is 0.313. The van der Waals surface area contributed by atoms with Gasteiger partial charge in [-0.15, -0.1) is 0 Å². The monoisotopic (exact) mass is 228 g/mol. The van der Waals surface area contributed by atoms with E-state index in [2.05, 4.69) is 17.2 Å². The second-order valence-electron chi connectivity index (χ2n) is 3.52. The van der Waals surface area contributed by atoms with E-state index in [1.165, 1.54) is 0 Å². The molecule has 0 spiro atoms. The van der Waals surface area contributed by atoms with Crippen LogP contribution in [0.1, 0.15) is 13.3 Å². The van der Waals surface area contributed by atoms with E-state index in [1.807, 2.05) is 0 Å². The van der Waals surface area contributed by atoms with Gasteiger partial charge in [0.05, 0.1) is 6.04 Å². The molecule has 6 N–H and O–H groups in total. The summed E-state index contributed by atoms with van der Waals surface area (Å²) in [6.45, 7) is 6.22. The second kappa shape index (κ2) is 7.84. The topological polar surface area (TPSA) is 110 Å². The smallest absolute Gasteiger partial charge is 0.246 e. The van der Waals surface area contributed by atoms with Crippen molar-refractivity contribution in [3.63, 3.8) is 0 Å². The number of hydrogen-bond donors (Lipinski definition) is 4. The first-order valence-corrected chi connectivity index (χ1v) is 5.16. The molecule has 1 atom stereocenters. The van der Waals surface area contributed by atoms with Gasteiger partial charge in [0, 0.05) is 25.2 Å². The highest BCUT2D eigenvalue weighted by Crippen LogP contribution is 1.85. The number of rotatable bonds is 7. The molecule has 2 amide bonds. The highest BCUT2D eigenvalue weighted by Gasteiger charge is 2.09. The summed E-state index contributed by atoms with van der Waals surface area (Å²) in [4.78, 5) is 22.2. The van der Waals surface area contributed by atoms with Gasteiger partial charge in [0.2, 0.25) is 11.8 Å². The molecule has 0 heterocycles. The van der Waals surface area contributed by atoms with Gasteiger partial charge in [0.1, 0.15) is 0 Å². The van der Waals surface area contributed by atoms with Crippen molar-refractivity contribution < 1.29 is 9.59 Å². The van der Waals surface area contributed by atoms with Crippen LogP contribution >= 0.6 is 0 Å². The van der Waals surface area contributed by atoms with Crippen molar-refractivity contribution in [2.24, 2.45) is 11.5 Å². The van der Waals surface area contributed by atoms with Crippen LogP contribution < -0.4 is 22.1 Å². The van der Waals surface area contributed by atoms with Crippen LogP contribution in [0.3, 0.4) is 0 Å². The van der Waals surface area contributed by atoms with Gasteiger partial charge in [-0.1, -0.05) is 6.58 Å². The Morgan fingerprint density at radius 2 is 1.88 bits per heavy atom. The molecule has 0 saturated carbocycles. The normalized spacial score (nSPS) is 11.7. The number of nitrogens with one attached hydrogen (secondary N) is 2. The lowest BCUT2D eigenvalue weighted by Gasteiger charge is -2.10. The van der Waals surface area contributed by atoms with Gasteiger partial charge < -0.3 is 22.1 Å². The minimum Gasteiger partial charge on any atom is -0.355 e. The largest absolute Gasteiger partial charge is 0.355 e. The third-order valence-electron chi connectivity index (χ3n) is 1.92. The molecule has 6 nitrogen and oxygen atoms in total. The van der Waals surface area contributed by atoms with Crippen molar-refractivity contribution >= 4 is 11.8 Å². The van der Waals surface area contributed by atoms with Gasteiger partial charge in [-0.3, -0.25) is 9.59 Å². The van der Waals surface area contributed by atoms with Crippen LogP contribution in [0.5, 0.6) is 0 Å². The molecule has 6 heteroatoms. The van der Waals surface area contributed by atoms with E-state index in [1.54, 1.807) is 6.92 Å². The average molecular weight is 228 g/mol. The van der Waals surface area contributed by atoms with E-state index in [0.717, 1.165) is 0 Å². The SMILES string of the molecule is C=C(C)C(=O)NCCCNC(=O)C(N)CN. The fourth-order valence-corrected chi connectivity index (χ4v) is 0.891. The molecule has 0 aromatic carbocycles. The van der Waals surface area contributed by atoms with Crippen molar-refractivity contribution in [3.05, 3.63) is 12.2 Å². The number of carbonyl (C=O) groups is 2. The highest BCUT2D eigenvalue weighted by atomic mass is 16.2. The number of carbonyl (C=O) groups excluding carboxylic acids is 2. The molecule has 0 saturated heterocycles. The molecule has 92 valence electrons. The molecular formula is C10H20N4O2. The van der Waals surface area contributed by atoms with Crippen LogP contribution in [0.25, 0.3) is 0 Å². The molecule has 0 rings (SSSR count). The molecule has 0 radical (unpaired) electrons. The Hall–Kier alpha value is -1.40. The van der Waals surface area contributed by atoms with Crippen molar-refractivity contribution in [1.29, 1.82) is 0 Å². The van der Waals surface area contributed by atoms with Gasteiger partial charge in [0.15, 0.2) is 0 Å². The van der Waals surface area contributed by atoms with Crippen LogP contribution in [0.4, 0.5) is 0 Å². The summed E-state index contributed by atoms with van der Waals surface area (Å²) < 4.78 is 0. The fraction of sp³-hybridized carbons (Fsp3) is 0.600. The van der Waals surface area contributed by atoms with E-state index in [4.69, 9.17) is 11.5 Å². The minimum absolute atomic E-state index is 0.123. The maximum Gasteiger partial charge on any atom is 0.246 e. The molecular weight excluding hydrogens is 208 g/mol. The predicted molar refractivity (Wildman–Crippen MR) is 62.5 cm³/mol. The van der Waals surface area contributed by atoms with Crippen molar-refractivity contribution in [2.45, 2.75) is 19.4 Å². The molecule has 0 aliphatic rings. The van der Waals surface area contributed by atoms with E-state index < -0.39 is 6.04 Å². The standard InChI is InChI=1S/C10H20N4O2/c1-7(2)9(15)13-4-3-5-14-10(16)8(12)6-11/h8H,1,3-6,11-12H2,2H3,(H,13,15)(H,14,16). The Kier molecular flexibility index (Phi) is 7.15. The van der Waals surface area contributed by atoms with Gasteiger partial charge in [0.25, 0.3) is 0 Å². The van der Waals surface area contributed by atoms with Gasteiger partial charge in [-0.2, -0.15) is 0 Å². The molecule has 0 aromatic heterocycles. The summed E-state index contributed by atoms with van der Waals surface area (Å²) in [6, 6.07) is -0.662. The van der Waals surface area contributed by atoms with Gasteiger partial charge in [-0.25, -0.2) is 0 Å². The number of hydrogen-bond acceptors (Lipinski definition) is 4. The Balaban J connectivity index is 3.51. The van der Waals surface area contributed by atoms with Crippen LogP contribution in [-0.2, 0) is 9.59 Å². The number of nitrogens with two attached hydrogens (primary N) is 2. The Morgan fingerprint density at radius 3 is 2.38 bits per heavy atom. The Bertz CT molecular complexity index is 266. The Labute approximate surface area is 95.4 Å². The van der Waals surface area contributed by atoms with E-state index in [9.17, 15) is 9.59 Å². The summed E-state index contributed by atoms with van der Waals surface area (Å²) in [5.74, 6) is -0.446. The summed E-state index contributed by atoms with van der Waals surface area (Å²) in [5.41, 5.74) is 11.1. The summed E-state index contributed by atoms with van der Waals surface area (Å²) in [6.07, 6.45) is 0.641. The van der Waals surface area contributed by atoms with E-state index in [0.29, 0.717) is 25.1 Å². The highest BCUT2D eigenvalue weighted by molar-refractivity contribution is 5.92. The van der Waals surface area contributed by atoms with Gasteiger partial charge >= 0.3 is 0 Å². The lowest BCUT2D eigenvalue weighted by Crippen LogP contribution is -2.45. The average Bonchev–Trinajstić information content (AvgIpc) is 2.26. The second-order valence-corrected chi connectivity index (χ2v) is 3.52. The minimum atomic E-state index is -0.662. The van der Waals surface area contributed by atoms with Crippen LogP contribution in [-0.4, -0.2) is 37.5 Å². The zero-order valence-corrected chi connectivity index (χ0v) is 9.58. The van der Waals surface area contributed by atoms with E-state index >= 15 is 0 Å². The van der Waals surface area contributed by atoms with Crippen LogP contribution in [0, 0.1) is 0 Å². The van der Waals surface area contributed by atoms with Crippen LogP contribution in [0.2, 0.25) is 0 Å². The third-order valence-corrected chi connectivity index (χ3v) is 1.92. The van der Waals surface area contributed by atoms with Crippen LogP contribution in [0.15, 0.2) is 12.2 Å². The summed E-state index contributed by atoms with van der Waals surface area (Å²) in [5, 5.41) is 5.27. The molecule has 0 aromatic rings. The van der Waals surface area contributed by atoms with Crippen molar-refractivity contribution in [3.8, 4) is 0 Å². The lowest BCUT2D eigenvalue weighted by atomic mass is 10.3. The van der Waals surface area contributed by atoms with E-state index in [-0.39, 0.29) is 18.4 Å². The van der Waals surface area contributed by atoms with Gasteiger partial charge in [-0.05, 0) is 13.3 Å². The zero-order valence-electron chi connectivity index (χ0n) is 9.58. The molecule has 0 aliphatic heterocycles. The predicted octanol–water partition coefficient (Wildman–Crippen LogP) is -1.53. The first kappa shape index (κ1) is 14.6. The zero-order chi connectivity index (χ0) is 12.6. The summed E-state index contributed by atoms with van der Waals surface area (Å²) >= 11 is 0. The fourth-order valence-electron chi connectivity index (χ4n) is 0.891. The first-order valence-electron chi connectivity index (χ1n) is 5.16. The molecule has 0 bridgehead atoms. The molecule has 1 unspecified atom stereocenters. The van der Waals surface area contributed by atoms with Crippen molar-refractivity contribution in [2.75, 3.05) is 19.6 Å².